The number of hydrogen-bond donors (Lipinski definition) is 0. The highest BCUT2D eigenvalue weighted by Crippen LogP contribution is 2.42. The summed E-state index contributed by atoms with van der Waals surface area (Å²) in [5, 5.41) is 0. The van der Waals surface area contributed by atoms with E-state index < -0.39 is 10.0 Å². The molecule has 1 aromatic rings. The Morgan fingerprint density at radius 1 is 1.33 bits per heavy atom. The Hall–Kier alpha value is -1.02. The van der Waals surface area contributed by atoms with Crippen molar-refractivity contribution in [1.29, 1.82) is 0 Å². The predicted molar refractivity (Wildman–Crippen MR) is 91.0 cm³/mol. The Balaban J connectivity index is 1.44. The normalized spacial score (nSPS) is 24.5. The van der Waals surface area contributed by atoms with Gasteiger partial charge in [0.2, 0.25) is 10.0 Å². The summed E-state index contributed by atoms with van der Waals surface area (Å²) in [7, 11) is -3.06. The third-order valence-corrected chi connectivity index (χ3v) is 7.03. The van der Waals surface area contributed by atoms with Crippen LogP contribution in [0.15, 0.2) is 24.5 Å². The van der Waals surface area contributed by atoms with Crippen LogP contribution in [0.4, 0.5) is 0 Å². The zero-order valence-corrected chi connectivity index (χ0v) is 15.0. The van der Waals surface area contributed by atoms with Crippen molar-refractivity contribution in [3.8, 4) is 0 Å². The number of aromatic nitrogens is 1. The molecule has 1 aromatic heterocycles. The zero-order valence-electron chi connectivity index (χ0n) is 14.2. The molecule has 0 bridgehead atoms. The Morgan fingerprint density at radius 3 is 2.71 bits per heavy atom. The number of hydrogen-bond acceptors (Lipinski definition) is 5. The van der Waals surface area contributed by atoms with Crippen LogP contribution in [0.3, 0.4) is 0 Å². The van der Waals surface area contributed by atoms with Crippen molar-refractivity contribution in [2.75, 3.05) is 32.1 Å². The molecule has 24 heavy (non-hydrogen) atoms. The molecule has 1 atom stereocenters. The van der Waals surface area contributed by atoms with Gasteiger partial charge in [0.15, 0.2) is 0 Å². The van der Waals surface area contributed by atoms with Gasteiger partial charge in [-0.15, -0.1) is 0 Å². The van der Waals surface area contributed by atoms with Crippen molar-refractivity contribution in [3.05, 3.63) is 30.1 Å². The molecular weight excluding hydrogens is 328 g/mol. The first-order valence-corrected chi connectivity index (χ1v) is 10.2. The Labute approximate surface area is 144 Å². The van der Waals surface area contributed by atoms with E-state index in [-0.39, 0.29) is 17.3 Å². The van der Waals surface area contributed by atoms with Gasteiger partial charge >= 0.3 is 0 Å². The van der Waals surface area contributed by atoms with E-state index in [1.165, 1.54) is 0 Å². The maximum atomic E-state index is 12.0. The van der Waals surface area contributed by atoms with E-state index in [1.807, 2.05) is 12.1 Å². The third-order valence-electron chi connectivity index (χ3n) is 5.15. The molecule has 0 radical (unpaired) electrons. The molecule has 0 aliphatic carbocycles. The molecule has 2 aliphatic rings. The minimum absolute atomic E-state index is 0.112. The van der Waals surface area contributed by atoms with Crippen molar-refractivity contribution in [3.63, 3.8) is 0 Å². The van der Waals surface area contributed by atoms with E-state index >= 15 is 0 Å². The predicted octanol–water partition coefficient (Wildman–Crippen LogP) is 1.82. The lowest BCUT2D eigenvalue weighted by molar-refractivity contribution is 0.00733. The first kappa shape index (κ1) is 17.8. The van der Waals surface area contributed by atoms with Gasteiger partial charge in [0, 0.05) is 25.5 Å². The second-order valence-corrected chi connectivity index (χ2v) is 9.06. The summed E-state index contributed by atoms with van der Waals surface area (Å²) in [6, 6.07) is 3.89. The van der Waals surface area contributed by atoms with Crippen LogP contribution in [-0.4, -0.2) is 55.9 Å². The molecule has 2 saturated heterocycles. The van der Waals surface area contributed by atoms with Crippen molar-refractivity contribution >= 4 is 10.0 Å². The van der Waals surface area contributed by atoms with Crippen molar-refractivity contribution < 1.29 is 17.9 Å². The molecule has 3 rings (SSSR count). The fourth-order valence-electron chi connectivity index (χ4n) is 3.56. The van der Waals surface area contributed by atoms with Gasteiger partial charge in [0.25, 0.3) is 0 Å². The minimum atomic E-state index is -3.06. The summed E-state index contributed by atoms with van der Waals surface area (Å²) < 4.78 is 37.3. The van der Waals surface area contributed by atoms with Crippen LogP contribution < -0.4 is 0 Å². The molecule has 3 heterocycles. The van der Waals surface area contributed by atoms with E-state index in [0.717, 1.165) is 31.4 Å². The molecule has 6 nitrogen and oxygen atoms in total. The highest BCUT2D eigenvalue weighted by molar-refractivity contribution is 7.89. The second kappa shape index (κ2) is 7.47. The molecule has 134 valence electrons. The molecule has 0 N–H and O–H groups in total. The summed E-state index contributed by atoms with van der Waals surface area (Å²) in [5.41, 5.74) is 1.24. The van der Waals surface area contributed by atoms with Gasteiger partial charge in [-0.2, -0.15) is 0 Å². The maximum absolute atomic E-state index is 12.0. The number of piperidine rings is 1. The van der Waals surface area contributed by atoms with Crippen molar-refractivity contribution in [2.45, 2.75) is 38.9 Å². The summed E-state index contributed by atoms with van der Waals surface area (Å²) in [4.78, 5) is 3.99. The first-order valence-electron chi connectivity index (χ1n) is 8.59. The summed E-state index contributed by atoms with van der Waals surface area (Å²) >= 11 is 0. The lowest BCUT2D eigenvalue weighted by atomic mass is 9.77. The van der Waals surface area contributed by atoms with Gasteiger partial charge in [-0.25, -0.2) is 12.7 Å². The van der Waals surface area contributed by atoms with Crippen molar-refractivity contribution in [2.24, 2.45) is 5.41 Å². The smallest absolute Gasteiger partial charge is 0.213 e. The molecule has 0 unspecified atom stereocenters. The van der Waals surface area contributed by atoms with Gasteiger partial charge in [-0.05, 0) is 49.3 Å². The Kier molecular flexibility index (Phi) is 5.54. The minimum Gasteiger partial charge on any atom is -0.375 e. The van der Waals surface area contributed by atoms with E-state index in [0.29, 0.717) is 26.3 Å². The van der Waals surface area contributed by atoms with E-state index in [9.17, 15) is 8.42 Å². The lowest BCUT2D eigenvalue weighted by Crippen LogP contribution is -2.44. The van der Waals surface area contributed by atoms with Crippen molar-refractivity contribution in [1.82, 2.24) is 9.29 Å². The standard InChI is InChI=1S/C17H26N2O4S/c1-2-24(20,21)19-9-5-17(6-10-19)11-16(23-14-17)13-22-12-15-3-7-18-8-4-15/h3-4,7-8,16H,2,5-6,9-14H2,1H3/t16-/m1/s1. The third kappa shape index (κ3) is 4.14. The Bertz CT molecular complexity index is 627. The summed E-state index contributed by atoms with van der Waals surface area (Å²) in [6.45, 7) is 4.80. The average molecular weight is 354 g/mol. The molecule has 0 amide bonds. The fraction of sp³-hybridized carbons (Fsp3) is 0.706. The fourth-order valence-corrected chi connectivity index (χ4v) is 4.66. The van der Waals surface area contributed by atoms with Crippen LogP contribution in [0.2, 0.25) is 0 Å². The van der Waals surface area contributed by atoms with Crippen LogP contribution >= 0.6 is 0 Å². The molecule has 2 aliphatic heterocycles. The lowest BCUT2D eigenvalue weighted by Gasteiger charge is -2.37. The van der Waals surface area contributed by atoms with Crippen LogP contribution in [-0.2, 0) is 26.1 Å². The molecule has 1 spiro atoms. The van der Waals surface area contributed by atoms with E-state index in [1.54, 1.807) is 23.6 Å². The monoisotopic (exact) mass is 354 g/mol. The van der Waals surface area contributed by atoms with Gasteiger partial charge < -0.3 is 9.47 Å². The Morgan fingerprint density at radius 2 is 2.04 bits per heavy atom. The number of rotatable bonds is 6. The van der Waals surface area contributed by atoms with Gasteiger partial charge in [-0.3, -0.25) is 4.98 Å². The maximum Gasteiger partial charge on any atom is 0.213 e. The molecule has 7 heteroatoms. The molecular formula is C17H26N2O4S. The quantitative estimate of drug-likeness (QED) is 0.779. The topological polar surface area (TPSA) is 68.7 Å². The van der Waals surface area contributed by atoms with Crippen LogP contribution in [0.5, 0.6) is 0 Å². The SMILES string of the molecule is CCS(=O)(=O)N1CCC2(CC1)CO[C@@H](COCc1ccncc1)C2. The van der Waals surface area contributed by atoms with E-state index in [2.05, 4.69) is 4.98 Å². The number of pyridine rings is 1. The van der Waals surface area contributed by atoms with Crippen LogP contribution in [0.1, 0.15) is 31.7 Å². The second-order valence-electron chi connectivity index (χ2n) is 6.81. The van der Waals surface area contributed by atoms with Crippen LogP contribution in [0, 0.1) is 5.41 Å². The zero-order chi connectivity index (χ0) is 17.0. The number of ether oxygens (including phenoxy) is 2. The van der Waals surface area contributed by atoms with Gasteiger partial charge in [0.1, 0.15) is 0 Å². The van der Waals surface area contributed by atoms with E-state index in [4.69, 9.17) is 9.47 Å². The van der Waals surface area contributed by atoms with Crippen LogP contribution in [0.25, 0.3) is 0 Å². The number of nitrogens with zero attached hydrogens (tertiary/aromatic N) is 2. The first-order chi connectivity index (χ1) is 11.5. The summed E-state index contributed by atoms with van der Waals surface area (Å²) in [6.07, 6.45) is 6.36. The molecule has 0 saturated carbocycles. The summed E-state index contributed by atoms with van der Waals surface area (Å²) in [5.74, 6) is 0.183. The highest BCUT2D eigenvalue weighted by atomic mass is 32.2. The average Bonchev–Trinajstić information content (AvgIpc) is 2.99. The largest absolute Gasteiger partial charge is 0.375 e. The van der Waals surface area contributed by atoms with Gasteiger partial charge in [0.05, 0.1) is 31.7 Å². The highest BCUT2D eigenvalue weighted by Gasteiger charge is 2.43. The molecule has 0 aromatic carbocycles. The van der Waals surface area contributed by atoms with Gasteiger partial charge in [-0.1, -0.05) is 0 Å². The molecule has 2 fully saturated rings. The number of sulfonamides is 1.